The number of aryl methyl sites for hydroxylation is 4. The van der Waals surface area contributed by atoms with E-state index in [1.54, 1.807) is 0 Å². The van der Waals surface area contributed by atoms with Crippen LogP contribution in [-0.4, -0.2) is 72.3 Å². The molecule has 11 heteroatoms. The van der Waals surface area contributed by atoms with Gasteiger partial charge in [-0.25, -0.2) is 19.9 Å². The summed E-state index contributed by atoms with van der Waals surface area (Å²) in [7, 11) is 0. The summed E-state index contributed by atoms with van der Waals surface area (Å²) in [6.45, 7) is 13.8. The zero-order valence-electron chi connectivity index (χ0n) is 45.0. The van der Waals surface area contributed by atoms with E-state index in [0.717, 1.165) is 67.4 Å². The molecule has 0 saturated heterocycles. The highest BCUT2D eigenvalue weighted by Crippen LogP contribution is 2.27. The molecule has 0 aliphatic heterocycles. The Labute approximate surface area is 456 Å². The third-order valence-corrected chi connectivity index (χ3v) is 15.2. The summed E-state index contributed by atoms with van der Waals surface area (Å²) in [5.74, 6) is 3.71. The second kappa shape index (κ2) is 22.2. The number of nitrogens with zero attached hydrogens (tertiary/aromatic N) is 10. The molecule has 0 bridgehead atoms. The average molecular weight is 1030 g/mol. The number of aliphatic hydroxyl groups is 1. The Morgan fingerprint density at radius 2 is 0.538 bits per heavy atom. The largest absolute Gasteiger partial charge is 0.390 e. The number of rotatable bonds is 20. The Kier molecular flexibility index (Phi) is 14.4. The number of aliphatic hydroxyl groups excluding tert-OH is 1. The van der Waals surface area contributed by atoms with Gasteiger partial charge < -0.3 is 23.4 Å². The third kappa shape index (κ3) is 11.2. The first kappa shape index (κ1) is 50.3. The van der Waals surface area contributed by atoms with E-state index in [1.165, 1.54) is 44.5 Å². The van der Waals surface area contributed by atoms with Gasteiger partial charge in [-0.05, 0) is 98.5 Å². The minimum atomic E-state index is -0.806. The first-order chi connectivity index (χ1) is 38.1. The van der Waals surface area contributed by atoms with Crippen LogP contribution in [0.1, 0.15) is 67.8 Å². The van der Waals surface area contributed by atoms with Crippen molar-refractivity contribution < 1.29 is 5.11 Å². The Hall–Kier alpha value is -8.48. The van der Waals surface area contributed by atoms with Crippen molar-refractivity contribution in [1.82, 2.24) is 48.0 Å². The number of hydrogen-bond donors (Lipinski definition) is 1. The van der Waals surface area contributed by atoms with Gasteiger partial charge in [-0.2, -0.15) is 0 Å². The predicted octanol–water partition coefficient (Wildman–Crippen LogP) is 12.6. The highest BCUT2D eigenvalue weighted by Gasteiger charge is 2.26. The summed E-state index contributed by atoms with van der Waals surface area (Å²) in [5, 5.41) is 13.0. The van der Waals surface area contributed by atoms with Crippen LogP contribution < -0.4 is 0 Å². The fourth-order valence-corrected chi connectivity index (χ4v) is 11.0. The van der Waals surface area contributed by atoms with Crippen LogP contribution >= 0.6 is 0 Å². The van der Waals surface area contributed by atoms with E-state index in [2.05, 4.69) is 250 Å². The second-order valence-corrected chi connectivity index (χ2v) is 21.3. The van der Waals surface area contributed by atoms with Crippen molar-refractivity contribution in [3.8, 4) is 0 Å². The minimum Gasteiger partial charge on any atom is -0.390 e. The lowest BCUT2D eigenvalue weighted by molar-refractivity contribution is 0.0585. The van der Waals surface area contributed by atoms with Gasteiger partial charge in [0.05, 0.1) is 76.4 Å². The van der Waals surface area contributed by atoms with E-state index >= 15 is 0 Å². The molecule has 0 aliphatic rings. The summed E-state index contributed by atoms with van der Waals surface area (Å²) in [6, 6.07) is 68.7. The molecule has 4 aromatic heterocycles. The topological polar surface area (TPSA) is 98.0 Å². The van der Waals surface area contributed by atoms with Crippen LogP contribution in [0.5, 0.6) is 0 Å². The molecule has 12 rings (SSSR count). The van der Waals surface area contributed by atoms with E-state index in [0.29, 0.717) is 65.4 Å². The smallest absolute Gasteiger partial charge is 0.124 e. The van der Waals surface area contributed by atoms with Crippen molar-refractivity contribution in [3.05, 3.63) is 262 Å². The summed E-state index contributed by atoms with van der Waals surface area (Å²) in [5.41, 5.74) is 17.8. The fourth-order valence-electron chi connectivity index (χ4n) is 11.0. The maximum Gasteiger partial charge on any atom is 0.124 e. The molecule has 78 heavy (non-hydrogen) atoms. The fraction of sp³-hybridized carbons (Fsp3) is 0.224. The number of hydrogen-bond acceptors (Lipinski definition) is 7. The quantitative estimate of drug-likeness (QED) is 0.0812. The molecule has 11 nitrogen and oxygen atoms in total. The number of fused-ring (bicyclic) bond motifs is 4. The van der Waals surface area contributed by atoms with Gasteiger partial charge in [-0.15, -0.1) is 0 Å². The van der Waals surface area contributed by atoms with Gasteiger partial charge in [0.25, 0.3) is 0 Å². The molecule has 0 amide bonds. The van der Waals surface area contributed by atoms with Gasteiger partial charge in [-0.3, -0.25) is 9.80 Å². The monoisotopic (exact) mass is 1030 g/mol. The third-order valence-electron chi connectivity index (χ3n) is 15.2. The lowest BCUT2D eigenvalue weighted by atomic mass is 10.1. The maximum absolute atomic E-state index is 13.0. The molecule has 12 aromatic rings. The van der Waals surface area contributed by atoms with Crippen LogP contribution in [0.2, 0.25) is 0 Å². The lowest BCUT2D eigenvalue weighted by Gasteiger charge is -2.29. The predicted molar refractivity (Wildman–Crippen MR) is 314 cm³/mol. The van der Waals surface area contributed by atoms with Gasteiger partial charge in [0.2, 0.25) is 0 Å². The molecule has 0 saturated carbocycles. The van der Waals surface area contributed by atoms with E-state index in [-0.39, 0.29) is 0 Å². The second-order valence-electron chi connectivity index (χ2n) is 21.3. The Bertz CT molecular complexity index is 3480. The molecular weight excluding hydrogens is 961 g/mol. The van der Waals surface area contributed by atoms with E-state index < -0.39 is 6.10 Å². The molecule has 1 N–H and O–H groups in total. The number of imidazole rings is 4. The van der Waals surface area contributed by atoms with Crippen molar-refractivity contribution in [2.75, 3.05) is 13.1 Å². The van der Waals surface area contributed by atoms with Crippen molar-refractivity contribution in [3.63, 3.8) is 0 Å². The average Bonchev–Trinajstić information content (AvgIpc) is 4.28. The van der Waals surface area contributed by atoms with Crippen molar-refractivity contribution in [1.29, 1.82) is 0 Å². The van der Waals surface area contributed by atoms with Crippen LogP contribution in [0.15, 0.2) is 194 Å². The first-order valence-electron chi connectivity index (χ1n) is 27.2. The van der Waals surface area contributed by atoms with Crippen LogP contribution in [0, 0.1) is 27.7 Å². The highest BCUT2D eigenvalue weighted by atomic mass is 16.3. The van der Waals surface area contributed by atoms with Crippen molar-refractivity contribution in [2.24, 2.45) is 0 Å². The molecule has 0 fully saturated rings. The van der Waals surface area contributed by atoms with Gasteiger partial charge in [0, 0.05) is 39.3 Å². The molecule has 0 radical (unpaired) electrons. The first-order valence-corrected chi connectivity index (χ1v) is 27.2. The zero-order chi connectivity index (χ0) is 53.1. The highest BCUT2D eigenvalue weighted by molar-refractivity contribution is 5.78. The van der Waals surface area contributed by atoms with Crippen LogP contribution in [-0.2, 0) is 52.4 Å². The van der Waals surface area contributed by atoms with Crippen LogP contribution in [0.3, 0.4) is 0 Å². The maximum atomic E-state index is 13.0. The lowest BCUT2D eigenvalue weighted by Crippen LogP contribution is -2.41. The Morgan fingerprint density at radius 1 is 0.321 bits per heavy atom. The number of benzene rings is 8. The molecule has 0 unspecified atom stereocenters. The zero-order valence-corrected chi connectivity index (χ0v) is 45.0. The summed E-state index contributed by atoms with van der Waals surface area (Å²) in [4.78, 5) is 26.1. The molecule has 8 aromatic carbocycles. The molecule has 0 atom stereocenters. The standard InChI is InChI=1S/C67H66N10O/c1-47-21-29-51(30-22-47)37-74-60-17-9-5-13-56(60)68-64(74)43-72(44-65-69-57-14-6-10-18-61(57)75(65)38-52-31-23-48(2)24-32-52)41-55(78)42-73(45-66-70-58-15-7-11-19-62(58)76(66)39-53-33-25-49(3)26-34-53)46-67-71-59-16-8-12-20-63(59)77(67)40-54-35-27-50(4)28-36-54/h5-36,55,78H,37-46H2,1-4H3. The normalized spacial score (nSPS) is 12.0. The summed E-state index contributed by atoms with van der Waals surface area (Å²) in [6.07, 6.45) is -0.806. The number of para-hydroxylation sites is 8. The Morgan fingerprint density at radius 3 is 0.769 bits per heavy atom. The summed E-state index contributed by atoms with van der Waals surface area (Å²) >= 11 is 0. The van der Waals surface area contributed by atoms with Crippen molar-refractivity contribution in [2.45, 2.75) is 86.2 Å². The van der Waals surface area contributed by atoms with E-state index in [4.69, 9.17) is 19.9 Å². The van der Waals surface area contributed by atoms with Gasteiger partial charge in [0.15, 0.2) is 0 Å². The van der Waals surface area contributed by atoms with E-state index in [1.807, 2.05) is 0 Å². The SMILES string of the molecule is Cc1ccc(Cn2c(CN(Cc3nc4ccccc4n3Cc3ccc(C)cc3)CC(O)CN(Cc3nc4ccccc4n3Cc3ccc(C)cc3)Cc3nc4ccccc4n3Cc3ccc(C)cc3)nc3ccccc32)cc1. The minimum absolute atomic E-state index is 0.345. The van der Waals surface area contributed by atoms with Crippen molar-refractivity contribution >= 4 is 44.1 Å². The van der Waals surface area contributed by atoms with Gasteiger partial charge >= 0.3 is 0 Å². The van der Waals surface area contributed by atoms with Crippen LogP contribution in [0.4, 0.5) is 0 Å². The molecule has 0 aliphatic carbocycles. The van der Waals surface area contributed by atoms with Gasteiger partial charge in [0.1, 0.15) is 23.3 Å². The van der Waals surface area contributed by atoms with E-state index in [9.17, 15) is 5.11 Å². The molecular formula is C67H66N10O. The molecule has 0 spiro atoms. The molecule has 4 heterocycles. The van der Waals surface area contributed by atoms with Gasteiger partial charge in [-0.1, -0.05) is 168 Å². The molecule has 390 valence electrons. The van der Waals surface area contributed by atoms with Crippen LogP contribution in [0.25, 0.3) is 44.1 Å². The Balaban J connectivity index is 0.933. The summed E-state index contributed by atoms with van der Waals surface area (Å²) < 4.78 is 9.38. The number of aromatic nitrogens is 8.